The quantitative estimate of drug-likeness (QED) is 0.459. The van der Waals surface area contributed by atoms with Crippen LogP contribution >= 0.6 is 0 Å². The van der Waals surface area contributed by atoms with Gasteiger partial charge in [-0.1, -0.05) is 33.8 Å². The molecule has 1 rings (SSSR count). The average Bonchev–Trinajstić information content (AvgIpc) is 3.32. The molecule has 0 saturated heterocycles. The Morgan fingerprint density at radius 1 is 1.29 bits per heavy atom. The lowest BCUT2D eigenvalue weighted by molar-refractivity contribution is -0.139. The fourth-order valence-corrected chi connectivity index (χ4v) is 3.15. The zero-order chi connectivity index (χ0) is 21.6. The standard InChI is InChI=1S/C21H37N3O4/c1-9-28-20(27)13(2)10-11-24(8)19(26)17(21(4,5)6)23-18(25)16(22-7)15-12-14(15)3/h10,14-17,22H,9,11-12H2,1-8H3,(H,23,25)/b13-10+. The van der Waals surface area contributed by atoms with Crippen LogP contribution in [-0.2, 0) is 19.1 Å². The number of esters is 1. The minimum Gasteiger partial charge on any atom is -0.463 e. The Hall–Kier alpha value is -1.89. The third-order valence-corrected chi connectivity index (χ3v) is 5.24. The van der Waals surface area contributed by atoms with Crippen molar-refractivity contribution in [1.82, 2.24) is 15.5 Å². The lowest BCUT2D eigenvalue weighted by atomic mass is 9.85. The molecule has 1 fully saturated rings. The van der Waals surface area contributed by atoms with Crippen LogP contribution in [0.4, 0.5) is 0 Å². The molecule has 2 N–H and O–H groups in total. The highest BCUT2D eigenvalue weighted by Crippen LogP contribution is 2.40. The van der Waals surface area contributed by atoms with Crippen molar-refractivity contribution in [1.29, 1.82) is 0 Å². The number of hydrogen-bond donors (Lipinski definition) is 2. The van der Waals surface area contributed by atoms with Crippen LogP contribution in [0, 0.1) is 17.3 Å². The number of likely N-dealkylation sites (N-methyl/N-ethyl adjacent to an activating group) is 2. The molecule has 7 nitrogen and oxygen atoms in total. The van der Waals surface area contributed by atoms with Crippen molar-refractivity contribution in [2.75, 3.05) is 27.2 Å². The van der Waals surface area contributed by atoms with E-state index in [1.807, 2.05) is 20.8 Å². The van der Waals surface area contributed by atoms with Crippen LogP contribution in [0.25, 0.3) is 0 Å². The minimum absolute atomic E-state index is 0.142. The van der Waals surface area contributed by atoms with Crippen LogP contribution < -0.4 is 10.6 Å². The molecule has 0 aliphatic heterocycles. The largest absolute Gasteiger partial charge is 0.463 e. The molecule has 0 aromatic rings. The van der Waals surface area contributed by atoms with Crippen LogP contribution in [0.1, 0.15) is 48.0 Å². The van der Waals surface area contributed by atoms with Crippen LogP contribution in [-0.4, -0.2) is 62.0 Å². The zero-order valence-electron chi connectivity index (χ0n) is 18.6. The zero-order valence-corrected chi connectivity index (χ0v) is 18.6. The molecule has 4 unspecified atom stereocenters. The molecule has 0 bridgehead atoms. The van der Waals surface area contributed by atoms with Crippen molar-refractivity contribution < 1.29 is 19.1 Å². The molecule has 1 aliphatic rings. The van der Waals surface area contributed by atoms with Crippen LogP contribution in [0.2, 0.25) is 0 Å². The molecular weight excluding hydrogens is 358 g/mol. The summed E-state index contributed by atoms with van der Waals surface area (Å²) in [6.45, 7) is 11.9. The number of carbonyl (C=O) groups is 3. The first-order chi connectivity index (χ1) is 12.9. The van der Waals surface area contributed by atoms with Gasteiger partial charge in [0.15, 0.2) is 0 Å². The fourth-order valence-electron chi connectivity index (χ4n) is 3.15. The Bertz CT molecular complexity index is 609. The normalized spacial score (nSPS) is 21.5. The lowest BCUT2D eigenvalue weighted by Gasteiger charge is -2.34. The number of hydrogen-bond acceptors (Lipinski definition) is 5. The van der Waals surface area contributed by atoms with E-state index < -0.39 is 11.5 Å². The molecule has 0 aromatic carbocycles. The van der Waals surface area contributed by atoms with Gasteiger partial charge < -0.3 is 20.3 Å². The van der Waals surface area contributed by atoms with Gasteiger partial charge in [0, 0.05) is 19.2 Å². The Balaban J connectivity index is 2.83. The first-order valence-corrected chi connectivity index (χ1v) is 10.0. The van der Waals surface area contributed by atoms with Gasteiger partial charge in [-0.05, 0) is 44.6 Å². The first-order valence-electron chi connectivity index (χ1n) is 10.0. The highest BCUT2D eigenvalue weighted by atomic mass is 16.5. The van der Waals surface area contributed by atoms with Gasteiger partial charge in [-0.2, -0.15) is 0 Å². The maximum Gasteiger partial charge on any atom is 0.333 e. The maximum absolute atomic E-state index is 13.0. The highest BCUT2D eigenvalue weighted by molar-refractivity contribution is 5.91. The number of carbonyl (C=O) groups excluding carboxylic acids is 3. The summed E-state index contributed by atoms with van der Waals surface area (Å²) < 4.78 is 4.95. The first kappa shape index (κ1) is 24.1. The molecule has 0 heterocycles. The number of nitrogens with zero attached hydrogens (tertiary/aromatic N) is 1. The van der Waals surface area contributed by atoms with Gasteiger partial charge in [0.25, 0.3) is 0 Å². The Morgan fingerprint density at radius 3 is 2.29 bits per heavy atom. The van der Waals surface area contributed by atoms with Gasteiger partial charge in [0.2, 0.25) is 11.8 Å². The van der Waals surface area contributed by atoms with Crippen molar-refractivity contribution in [3.63, 3.8) is 0 Å². The molecule has 28 heavy (non-hydrogen) atoms. The minimum atomic E-state index is -0.661. The average molecular weight is 396 g/mol. The molecule has 7 heteroatoms. The number of ether oxygens (including phenoxy) is 1. The monoisotopic (exact) mass is 395 g/mol. The fraction of sp³-hybridized carbons (Fsp3) is 0.762. The second-order valence-electron chi connectivity index (χ2n) is 8.78. The molecule has 1 saturated carbocycles. The molecule has 160 valence electrons. The molecule has 0 radical (unpaired) electrons. The Labute approximate surface area is 169 Å². The number of rotatable bonds is 9. The van der Waals surface area contributed by atoms with Crippen molar-refractivity contribution >= 4 is 17.8 Å². The smallest absolute Gasteiger partial charge is 0.333 e. The van der Waals surface area contributed by atoms with Crippen LogP contribution in [0.15, 0.2) is 11.6 Å². The third-order valence-electron chi connectivity index (χ3n) is 5.24. The predicted octanol–water partition coefficient (Wildman–Crippen LogP) is 1.73. The Kier molecular flexibility index (Phi) is 8.67. The molecule has 2 amide bonds. The van der Waals surface area contributed by atoms with E-state index in [0.717, 1.165) is 6.42 Å². The highest BCUT2D eigenvalue weighted by Gasteiger charge is 2.44. The van der Waals surface area contributed by atoms with Crippen molar-refractivity contribution in [3.8, 4) is 0 Å². The van der Waals surface area contributed by atoms with E-state index in [1.54, 1.807) is 34.0 Å². The van der Waals surface area contributed by atoms with Gasteiger partial charge in [-0.15, -0.1) is 0 Å². The second kappa shape index (κ2) is 10.0. The van der Waals surface area contributed by atoms with Crippen molar-refractivity contribution in [3.05, 3.63) is 11.6 Å². The summed E-state index contributed by atoms with van der Waals surface area (Å²) >= 11 is 0. The Morgan fingerprint density at radius 2 is 1.86 bits per heavy atom. The summed E-state index contributed by atoms with van der Waals surface area (Å²) in [5.74, 6) is 0.114. The SMILES string of the molecule is CCOC(=O)/C(C)=C/CN(C)C(=O)C(NC(=O)C(NC)C1CC1C)C(C)(C)C. The van der Waals surface area contributed by atoms with Gasteiger partial charge >= 0.3 is 5.97 Å². The lowest BCUT2D eigenvalue weighted by Crippen LogP contribution is -2.57. The van der Waals surface area contributed by atoms with E-state index in [4.69, 9.17) is 4.74 Å². The summed E-state index contributed by atoms with van der Waals surface area (Å²) in [5, 5.41) is 6.04. The summed E-state index contributed by atoms with van der Waals surface area (Å²) in [7, 11) is 3.44. The van der Waals surface area contributed by atoms with Gasteiger partial charge in [-0.3, -0.25) is 9.59 Å². The predicted molar refractivity (Wildman–Crippen MR) is 110 cm³/mol. The third kappa shape index (κ3) is 6.62. The van der Waals surface area contributed by atoms with E-state index in [1.165, 1.54) is 4.90 Å². The van der Waals surface area contributed by atoms with Crippen LogP contribution in [0.3, 0.4) is 0 Å². The maximum atomic E-state index is 13.0. The van der Waals surface area contributed by atoms with E-state index in [9.17, 15) is 14.4 Å². The van der Waals surface area contributed by atoms with Gasteiger partial charge in [0.1, 0.15) is 6.04 Å². The summed E-state index contributed by atoms with van der Waals surface area (Å²) in [6, 6.07) is -0.949. The van der Waals surface area contributed by atoms with Crippen molar-refractivity contribution in [2.24, 2.45) is 17.3 Å². The summed E-state index contributed by atoms with van der Waals surface area (Å²) in [6.07, 6.45) is 2.69. The van der Waals surface area contributed by atoms with E-state index in [2.05, 4.69) is 17.6 Å². The molecule has 0 spiro atoms. The number of nitrogens with one attached hydrogen (secondary N) is 2. The van der Waals surface area contributed by atoms with Crippen molar-refractivity contribution in [2.45, 2.75) is 60.0 Å². The summed E-state index contributed by atoms with van der Waals surface area (Å²) in [4.78, 5) is 39.1. The molecule has 4 atom stereocenters. The molecular formula is C21H37N3O4. The van der Waals surface area contributed by atoms with Gasteiger partial charge in [-0.25, -0.2) is 4.79 Å². The molecule has 0 aromatic heterocycles. The summed E-state index contributed by atoms with van der Waals surface area (Å²) in [5.41, 5.74) is 0.00442. The van der Waals surface area contributed by atoms with E-state index in [0.29, 0.717) is 24.0 Å². The topological polar surface area (TPSA) is 87.7 Å². The van der Waals surface area contributed by atoms with Crippen LogP contribution in [0.5, 0.6) is 0 Å². The van der Waals surface area contributed by atoms with Gasteiger partial charge in [0.05, 0.1) is 12.6 Å². The van der Waals surface area contributed by atoms with E-state index in [-0.39, 0.29) is 30.4 Å². The van der Waals surface area contributed by atoms with E-state index >= 15 is 0 Å². The molecule has 1 aliphatic carbocycles. The second-order valence-corrected chi connectivity index (χ2v) is 8.78. The number of amides is 2.